The number of hydrogen-bond acceptors (Lipinski definition) is 0. The fourth-order valence-electron chi connectivity index (χ4n) is 7.34. The molecule has 0 aromatic carbocycles. The quantitative estimate of drug-likeness (QED) is 0.383. The molecule has 2 aliphatic heterocycles. The molecule has 4 aliphatic carbocycles. The van der Waals surface area contributed by atoms with Crippen LogP contribution in [0.5, 0.6) is 0 Å². The lowest BCUT2D eigenvalue weighted by Gasteiger charge is -2.11. The highest BCUT2D eigenvalue weighted by molar-refractivity contribution is 5.93. The Morgan fingerprint density at radius 1 is 0.611 bits per heavy atom. The first-order valence-corrected chi connectivity index (χ1v) is 13.5. The zero-order chi connectivity index (χ0) is 24.0. The van der Waals surface area contributed by atoms with Gasteiger partial charge in [0.2, 0.25) is 17.1 Å². The molecule has 2 aromatic heterocycles. The number of nitrogens with one attached hydrogen (secondary N) is 2. The molecule has 2 saturated carbocycles. The summed E-state index contributed by atoms with van der Waals surface area (Å²) in [4.78, 5) is 7.41. The minimum absolute atomic E-state index is 0.549. The van der Waals surface area contributed by atoms with E-state index in [1.165, 1.54) is 70.5 Å². The van der Waals surface area contributed by atoms with Crippen molar-refractivity contribution in [1.29, 1.82) is 0 Å². The molecule has 6 aliphatic rings. The highest BCUT2D eigenvalue weighted by Gasteiger charge is 2.44. The van der Waals surface area contributed by atoms with Crippen LogP contribution >= 0.6 is 0 Å². The van der Waals surface area contributed by atoms with E-state index in [0.29, 0.717) is 17.8 Å². The maximum absolute atomic E-state index is 3.83. The lowest BCUT2D eigenvalue weighted by molar-refractivity contribution is -0.373. The third kappa shape index (κ3) is 2.93. The van der Waals surface area contributed by atoms with E-state index < -0.39 is 0 Å². The molecule has 0 saturated heterocycles. The first-order valence-electron chi connectivity index (χ1n) is 13.5. The Morgan fingerprint density at radius 3 is 1.67 bits per heavy atom. The lowest BCUT2D eigenvalue weighted by Crippen LogP contribution is -2.22. The largest absolute Gasteiger partial charge is 0.354 e. The Bertz CT molecular complexity index is 1570. The van der Waals surface area contributed by atoms with Crippen molar-refractivity contribution in [1.82, 2.24) is 9.97 Å². The average Bonchev–Trinajstić information content (AvgIpc) is 3.71. The number of fused-ring (bicyclic) bond motifs is 4. The number of aromatic nitrogens is 2. The normalized spacial score (nSPS) is 33.7. The number of H-pyrrole nitrogens is 2. The summed E-state index contributed by atoms with van der Waals surface area (Å²) in [5.41, 5.74) is 13.0. The van der Waals surface area contributed by atoms with Crippen molar-refractivity contribution in [2.24, 2.45) is 23.7 Å². The molecule has 2 N–H and O–H groups in total. The summed E-state index contributed by atoms with van der Waals surface area (Å²) in [6, 6.07) is 8.92. The van der Waals surface area contributed by atoms with Crippen LogP contribution in [0.2, 0.25) is 0 Å². The van der Waals surface area contributed by atoms with Gasteiger partial charge < -0.3 is 9.97 Å². The summed E-state index contributed by atoms with van der Waals surface area (Å²) < 4.78 is 5.06. The standard InChI is InChI=1S/C32H32N4/c1-19-3-9-25(33-19)29-13-14-30(36(29)32-18-22-6-8-24(32)16-22)27-11-10-26(34-27)28-12-4-20(2)35(28)31-17-21-5-7-23(31)15-21/h3-14,21-24,33-34H,15-18H2,1-2H3/q+2/t21-,22-,23?,24?/m1/s1. The zero-order valence-corrected chi connectivity index (χ0v) is 21.0. The van der Waals surface area contributed by atoms with Gasteiger partial charge in [-0.3, -0.25) is 0 Å². The van der Waals surface area contributed by atoms with Crippen molar-refractivity contribution in [3.8, 4) is 0 Å². The Hall–Kier alpha value is -3.66. The van der Waals surface area contributed by atoms with Crippen molar-refractivity contribution in [3.05, 3.63) is 101 Å². The molecular weight excluding hydrogens is 440 g/mol. The van der Waals surface area contributed by atoms with Crippen molar-refractivity contribution in [2.75, 3.05) is 0 Å². The van der Waals surface area contributed by atoms with Crippen LogP contribution in [-0.4, -0.2) is 30.5 Å². The van der Waals surface area contributed by atoms with Gasteiger partial charge in [-0.1, -0.05) is 24.3 Å². The van der Waals surface area contributed by atoms with Crippen LogP contribution in [0.4, 0.5) is 0 Å². The van der Waals surface area contributed by atoms with Crippen molar-refractivity contribution < 1.29 is 9.15 Å². The molecule has 8 rings (SSSR count). The Labute approximate surface area is 212 Å². The fourth-order valence-corrected chi connectivity index (χ4v) is 7.34. The molecule has 2 aromatic rings. The van der Waals surface area contributed by atoms with Gasteiger partial charge in [0.15, 0.2) is 17.1 Å². The molecule has 4 bridgehead atoms. The van der Waals surface area contributed by atoms with Gasteiger partial charge in [0.1, 0.15) is 17.1 Å². The third-order valence-corrected chi connectivity index (χ3v) is 9.02. The summed E-state index contributed by atoms with van der Waals surface area (Å²) in [6.07, 6.45) is 23.7. The molecule has 0 spiro atoms. The van der Waals surface area contributed by atoms with E-state index in [9.17, 15) is 0 Å². The Kier molecular flexibility index (Phi) is 4.23. The number of aryl methyl sites for hydroxylation is 1. The second-order valence-electron chi connectivity index (χ2n) is 11.3. The van der Waals surface area contributed by atoms with Crippen LogP contribution < -0.4 is 0 Å². The first kappa shape index (κ1) is 20.5. The van der Waals surface area contributed by atoms with Crippen LogP contribution in [0.1, 0.15) is 55.4 Å². The molecule has 4 heterocycles. The van der Waals surface area contributed by atoms with E-state index in [2.05, 4.69) is 106 Å². The molecule has 4 nitrogen and oxygen atoms in total. The zero-order valence-electron chi connectivity index (χ0n) is 21.0. The number of aromatic amines is 2. The maximum atomic E-state index is 3.83. The van der Waals surface area contributed by atoms with Crippen LogP contribution in [0.15, 0.2) is 78.6 Å². The predicted octanol–water partition coefficient (Wildman–Crippen LogP) is 6.40. The van der Waals surface area contributed by atoms with Gasteiger partial charge in [-0.15, -0.1) is 0 Å². The van der Waals surface area contributed by atoms with Crippen LogP contribution in [0.25, 0.3) is 17.1 Å². The molecule has 4 atom stereocenters. The summed E-state index contributed by atoms with van der Waals surface area (Å²) in [6.45, 7) is 4.37. The Morgan fingerprint density at radius 2 is 1.14 bits per heavy atom. The lowest BCUT2D eigenvalue weighted by atomic mass is 10.0. The topological polar surface area (TPSA) is 37.6 Å². The molecule has 178 valence electrons. The smallest absolute Gasteiger partial charge is 0.235 e. The Balaban J connectivity index is 1.18. The van der Waals surface area contributed by atoms with E-state index in [0.717, 1.165) is 12.3 Å². The van der Waals surface area contributed by atoms with E-state index in [-0.39, 0.29) is 0 Å². The van der Waals surface area contributed by atoms with Gasteiger partial charge in [0, 0.05) is 49.8 Å². The molecule has 0 amide bonds. The van der Waals surface area contributed by atoms with E-state index >= 15 is 0 Å². The molecule has 0 radical (unpaired) electrons. The highest BCUT2D eigenvalue weighted by Crippen LogP contribution is 2.42. The second kappa shape index (κ2) is 7.42. The first-order chi connectivity index (χ1) is 17.6. The third-order valence-electron chi connectivity index (χ3n) is 9.02. The monoisotopic (exact) mass is 472 g/mol. The molecule has 36 heavy (non-hydrogen) atoms. The SMILES string of the molecule is CC1=CC=C(c2ccc(C3=CC=C(c4ccc(C)[nH]4)[N+]3=C3C[C@@H]4C=CC3C4)[nH]2)[N+]1=C1C[C@@H]2C=CC1C2. The second-order valence-corrected chi connectivity index (χ2v) is 11.3. The summed E-state index contributed by atoms with van der Waals surface area (Å²) in [5, 5.41) is 0. The van der Waals surface area contributed by atoms with Crippen molar-refractivity contribution in [3.63, 3.8) is 0 Å². The van der Waals surface area contributed by atoms with Gasteiger partial charge in [-0.2, -0.15) is 9.15 Å². The molecular formula is C32H32N4+2. The van der Waals surface area contributed by atoms with Crippen LogP contribution in [0, 0.1) is 30.6 Å². The van der Waals surface area contributed by atoms with Gasteiger partial charge in [-0.05, 0) is 55.9 Å². The number of allylic oxidation sites excluding steroid dienone is 9. The minimum atomic E-state index is 0.549. The van der Waals surface area contributed by atoms with Gasteiger partial charge in [0.05, 0.1) is 11.8 Å². The summed E-state index contributed by atoms with van der Waals surface area (Å²) in [7, 11) is 0. The molecule has 2 fully saturated rings. The van der Waals surface area contributed by atoms with E-state index in [4.69, 9.17) is 0 Å². The molecule has 4 heteroatoms. The fraction of sp³-hybridized carbons (Fsp3) is 0.312. The average molecular weight is 473 g/mol. The predicted molar refractivity (Wildman–Crippen MR) is 145 cm³/mol. The number of nitrogens with zero attached hydrogens (tertiary/aromatic N) is 2. The minimum Gasteiger partial charge on any atom is -0.354 e. The van der Waals surface area contributed by atoms with Crippen molar-refractivity contribution in [2.45, 2.75) is 39.5 Å². The van der Waals surface area contributed by atoms with E-state index in [1.54, 1.807) is 5.71 Å². The number of hydrogen-bond donors (Lipinski definition) is 2. The van der Waals surface area contributed by atoms with Gasteiger partial charge in [-0.25, -0.2) is 0 Å². The van der Waals surface area contributed by atoms with Gasteiger partial charge in [0.25, 0.3) is 0 Å². The van der Waals surface area contributed by atoms with Crippen LogP contribution in [-0.2, 0) is 0 Å². The van der Waals surface area contributed by atoms with Crippen LogP contribution in [0.3, 0.4) is 0 Å². The van der Waals surface area contributed by atoms with Gasteiger partial charge >= 0.3 is 0 Å². The van der Waals surface area contributed by atoms with E-state index in [1.807, 2.05) is 0 Å². The number of rotatable bonds is 3. The molecule has 2 unspecified atom stereocenters. The summed E-state index contributed by atoms with van der Waals surface area (Å²) >= 11 is 0. The summed E-state index contributed by atoms with van der Waals surface area (Å²) in [5.74, 6) is 2.56. The highest BCUT2D eigenvalue weighted by atomic mass is 15.1. The maximum Gasteiger partial charge on any atom is 0.235 e. The van der Waals surface area contributed by atoms with Crippen molar-refractivity contribution >= 4 is 28.5 Å².